The van der Waals surface area contributed by atoms with E-state index in [2.05, 4.69) is 10.6 Å². The molecule has 3 nitrogen and oxygen atoms in total. The molecule has 2 unspecified atom stereocenters. The van der Waals surface area contributed by atoms with E-state index in [9.17, 15) is 18.0 Å². The summed E-state index contributed by atoms with van der Waals surface area (Å²) in [7, 11) is 0. The maximum Gasteiger partial charge on any atom is 0.391 e. The summed E-state index contributed by atoms with van der Waals surface area (Å²) in [6, 6.07) is -0.352. The molecular weight excluding hydrogens is 257 g/mol. The first-order valence-electron chi connectivity index (χ1n) is 6.69. The van der Waals surface area contributed by atoms with Crippen LogP contribution < -0.4 is 10.6 Å². The molecule has 0 radical (unpaired) electrons. The minimum Gasteiger partial charge on any atom is -0.352 e. The lowest BCUT2D eigenvalue weighted by atomic mass is 9.85. The molecule has 6 heteroatoms. The highest BCUT2D eigenvalue weighted by atomic mass is 19.4. The van der Waals surface area contributed by atoms with Crippen LogP contribution >= 0.6 is 0 Å². The van der Waals surface area contributed by atoms with Crippen LogP contribution in [0.1, 0.15) is 46.5 Å². The number of carbonyl (C=O) groups is 1. The molecule has 0 aromatic rings. The van der Waals surface area contributed by atoms with Crippen LogP contribution in [0.4, 0.5) is 13.2 Å². The van der Waals surface area contributed by atoms with Gasteiger partial charge >= 0.3 is 6.18 Å². The zero-order valence-corrected chi connectivity index (χ0v) is 11.7. The Morgan fingerprint density at radius 1 is 1.21 bits per heavy atom. The Morgan fingerprint density at radius 2 is 1.84 bits per heavy atom. The second kappa shape index (κ2) is 6.11. The van der Waals surface area contributed by atoms with Crippen molar-refractivity contribution in [3.8, 4) is 0 Å². The Balaban J connectivity index is 2.38. The summed E-state index contributed by atoms with van der Waals surface area (Å²) >= 11 is 0. The molecule has 1 aliphatic rings. The molecule has 1 fully saturated rings. The molecule has 0 heterocycles. The molecule has 0 aromatic carbocycles. The van der Waals surface area contributed by atoms with Crippen LogP contribution in [0.2, 0.25) is 0 Å². The lowest BCUT2D eigenvalue weighted by Crippen LogP contribution is -2.47. The van der Waals surface area contributed by atoms with E-state index in [0.717, 1.165) is 0 Å². The van der Waals surface area contributed by atoms with Crippen molar-refractivity contribution in [3.63, 3.8) is 0 Å². The number of carbonyl (C=O) groups excluding carboxylic acids is 1. The van der Waals surface area contributed by atoms with Crippen LogP contribution in [-0.4, -0.2) is 30.2 Å². The normalized spacial score (nSPS) is 25.2. The smallest absolute Gasteiger partial charge is 0.352 e. The minimum atomic E-state index is -4.15. The first kappa shape index (κ1) is 16.3. The fourth-order valence-electron chi connectivity index (χ4n) is 2.24. The van der Waals surface area contributed by atoms with E-state index in [1.165, 1.54) is 0 Å². The highest BCUT2D eigenvalue weighted by Gasteiger charge is 2.42. The largest absolute Gasteiger partial charge is 0.391 e. The first-order chi connectivity index (χ1) is 8.58. The van der Waals surface area contributed by atoms with Crippen LogP contribution in [0, 0.1) is 5.92 Å². The average Bonchev–Trinajstić information content (AvgIpc) is 2.25. The van der Waals surface area contributed by atoms with Gasteiger partial charge in [0, 0.05) is 11.6 Å². The summed E-state index contributed by atoms with van der Waals surface area (Å²) < 4.78 is 37.9. The number of rotatable bonds is 3. The zero-order valence-electron chi connectivity index (χ0n) is 11.7. The monoisotopic (exact) mass is 280 g/mol. The minimum absolute atomic E-state index is 0.00472. The van der Waals surface area contributed by atoms with Gasteiger partial charge in [0.1, 0.15) is 0 Å². The van der Waals surface area contributed by atoms with Crippen LogP contribution in [0.15, 0.2) is 0 Å². The fourth-order valence-corrected chi connectivity index (χ4v) is 2.24. The summed E-state index contributed by atoms with van der Waals surface area (Å²) in [6.07, 6.45) is -2.82. The van der Waals surface area contributed by atoms with Gasteiger partial charge in [-0.3, -0.25) is 4.79 Å². The first-order valence-corrected chi connectivity index (χ1v) is 6.69. The zero-order chi connectivity index (χ0) is 14.7. The van der Waals surface area contributed by atoms with Crippen LogP contribution in [0.3, 0.4) is 0 Å². The van der Waals surface area contributed by atoms with E-state index in [-0.39, 0.29) is 36.9 Å². The lowest BCUT2D eigenvalue weighted by molar-refractivity contribution is -0.184. The number of hydrogen-bond donors (Lipinski definition) is 2. The maximum absolute atomic E-state index is 12.6. The van der Waals surface area contributed by atoms with E-state index < -0.39 is 12.1 Å². The second-order valence-electron chi connectivity index (χ2n) is 6.27. The lowest BCUT2D eigenvalue weighted by Gasteiger charge is -2.31. The van der Waals surface area contributed by atoms with Gasteiger partial charge in [-0.25, -0.2) is 0 Å². The summed E-state index contributed by atoms with van der Waals surface area (Å²) in [6.45, 7) is 5.93. The topological polar surface area (TPSA) is 41.1 Å². The molecule has 0 aliphatic heterocycles. The van der Waals surface area contributed by atoms with Gasteiger partial charge < -0.3 is 10.6 Å². The predicted octanol–water partition coefficient (Wildman–Crippen LogP) is 2.61. The molecule has 1 aliphatic carbocycles. The van der Waals surface area contributed by atoms with Crippen LogP contribution in [-0.2, 0) is 4.79 Å². The molecule has 19 heavy (non-hydrogen) atoms. The van der Waals surface area contributed by atoms with Crippen LogP contribution in [0.25, 0.3) is 0 Å². The molecule has 112 valence electrons. The summed E-state index contributed by atoms with van der Waals surface area (Å²) in [5, 5.41) is 5.71. The molecule has 0 bridgehead atoms. The van der Waals surface area contributed by atoms with Gasteiger partial charge in [-0.2, -0.15) is 13.2 Å². The summed E-state index contributed by atoms with van der Waals surface area (Å²) in [5.41, 5.74) is -0.182. The Morgan fingerprint density at radius 3 is 2.37 bits per heavy atom. The molecule has 2 atom stereocenters. The van der Waals surface area contributed by atoms with Gasteiger partial charge in [0.25, 0.3) is 0 Å². The van der Waals surface area contributed by atoms with Crippen molar-refractivity contribution in [3.05, 3.63) is 0 Å². The predicted molar refractivity (Wildman–Crippen MR) is 67.7 cm³/mol. The quantitative estimate of drug-likeness (QED) is 0.834. The van der Waals surface area contributed by atoms with Gasteiger partial charge in [-0.05, 0) is 40.0 Å². The van der Waals surface area contributed by atoms with Gasteiger partial charge in [0.15, 0.2) is 0 Å². The Labute approximate surface area is 112 Å². The third kappa shape index (κ3) is 6.27. The number of hydrogen-bond acceptors (Lipinski definition) is 2. The van der Waals surface area contributed by atoms with Crippen molar-refractivity contribution < 1.29 is 18.0 Å². The van der Waals surface area contributed by atoms with Gasteiger partial charge in [0.05, 0.1) is 12.5 Å². The molecule has 1 saturated carbocycles. The van der Waals surface area contributed by atoms with Gasteiger partial charge in [-0.15, -0.1) is 0 Å². The highest BCUT2D eigenvalue weighted by molar-refractivity contribution is 5.78. The van der Waals surface area contributed by atoms with Crippen molar-refractivity contribution >= 4 is 5.91 Å². The van der Waals surface area contributed by atoms with Crippen LogP contribution in [0.5, 0.6) is 0 Å². The molecule has 1 amide bonds. The van der Waals surface area contributed by atoms with E-state index in [1.807, 2.05) is 20.8 Å². The Hall–Kier alpha value is -0.780. The highest BCUT2D eigenvalue weighted by Crippen LogP contribution is 2.37. The van der Waals surface area contributed by atoms with Gasteiger partial charge in [0.2, 0.25) is 5.91 Å². The maximum atomic E-state index is 12.6. The molecule has 0 aromatic heterocycles. The summed E-state index contributed by atoms with van der Waals surface area (Å²) in [4.78, 5) is 11.7. The van der Waals surface area contributed by atoms with Crippen molar-refractivity contribution in [2.45, 2.75) is 64.2 Å². The summed E-state index contributed by atoms with van der Waals surface area (Å²) in [5.74, 6) is -1.51. The van der Waals surface area contributed by atoms with Crippen molar-refractivity contribution in [2.75, 3.05) is 6.54 Å². The number of amides is 1. The van der Waals surface area contributed by atoms with Crippen molar-refractivity contribution in [1.29, 1.82) is 0 Å². The standard InChI is InChI=1S/C13H23F3N2O/c1-12(2,3)17-8-11(19)18-10-6-4-5-9(7-10)13(14,15)16/h9-10,17H,4-8H2,1-3H3,(H,18,19). The third-order valence-corrected chi connectivity index (χ3v) is 3.28. The molecule has 1 rings (SSSR count). The number of halogens is 3. The van der Waals surface area contributed by atoms with Gasteiger partial charge in [-0.1, -0.05) is 6.42 Å². The van der Waals surface area contributed by atoms with E-state index >= 15 is 0 Å². The third-order valence-electron chi connectivity index (χ3n) is 3.28. The number of nitrogens with one attached hydrogen (secondary N) is 2. The molecule has 2 N–H and O–H groups in total. The Kier molecular flexibility index (Phi) is 5.24. The molecule has 0 spiro atoms. The molecular formula is C13H23F3N2O. The van der Waals surface area contributed by atoms with E-state index in [0.29, 0.717) is 12.8 Å². The van der Waals surface area contributed by atoms with E-state index in [4.69, 9.17) is 0 Å². The van der Waals surface area contributed by atoms with Crippen molar-refractivity contribution in [2.24, 2.45) is 5.92 Å². The second-order valence-corrected chi connectivity index (χ2v) is 6.27. The van der Waals surface area contributed by atoms with Crippen molar-refractivity contribution in [1.82, 2.24) is 10.6 Å². The fraction of sp³-hybridized carbons (Fsp3) is 0.923. The van der Waals surface area contributed by atoms with E-state index in [1.54, 1.807) is 0 Å². The SMILES string of the molecule is CC(C)(C)NCC(=O)NC1CCCC(C(F)(F)F)C1. The number of alkyl halides is 3. The molecule has 0 saturated heterocycles. The average molecular weight is 280 g/mol. The Bertz CT molecular complexity index is 310.